The van der Waals surface area contributed by atoms with Crippen molar-refractivity contribution < 1.29 is 18.0 Å². The molecule has 118 valence electrons. The molecule has 0 fully saturated rings. The Morgan fingerprint density at radius 2 is 1.96 bits per heavy atom. The Hall–Kier alpha value is -2.13. The zero-order valence-corrected chi connectivity index (χ0v) is 13.9. The Morgan fingerprint density at radius 1 is 1.17 bits per heavy atom. The third kappa shape index (κ3) is 4.20. The van der Waals surface area contributed by atoms with E-state index in [0.29, 0.717) is 10.4 Å². The van der Waals surface area contributed by atoms with Crippen LogP contribution in [-0.4, -0.2) is 21.9 Å². The molecule has 6 nitrogen and oxygen atoms in total. The molecule has 0 bridgehead atoms. The lowest BCUT2D eigenvalue weighted by atomic mass is 10.4. The zero-order valence-electron chi connectivity index (χ0n) is 11.5. The molecule has 0 unspecified atom stereocenters. The normalized spacial score (nSPS) is 10.7. The predicted octanol–water partition coefficient (Wildman–Crippen LogP) is 3.96. The fourth-order valence-corrected chi connectivity index (χ4v) is 2.64. The van der Waals surface area contributed by atoms with Crippen LogP contribution in [-0.2, 0) is 4.79 Å². The van der Waals surface area contributed by atoms with Crippen molar-refractivity contribution in [3.8, 4) is 11.7 Å². The van der Waals surface area contributed by atoms with Gasteiger partial charge in [-0.1, -0.05) is 5.10 Å². The third-order valence-corrected chi connectivity index (χ3v) is 4.08. The number of carbonyl (C=O) groups is 1. The number of hydrogen-bond donors (Lipinski definition) is 1. The number of rotatable bonds is 5. The fraction of sp³-hybridized carbons (Fsp3) is 0.0714. The van der Waals surface area contributed by atoms with Crippen molar-refractivity contribution in [2.75, 3.05) is 11.1 Å². The molecule has 0 aliphatic carbocycles. The Morgan fingerprint density at radius 3 is 2.65 bits per heavy atom. The summed E-state index contributed by atoms with van der Waals surface area (Å²) in [7, 11) is 0. The van der Waals surface area contributed by atoms with E-state index in [-0.39, 0.29) is 29.4 Å². The van der Waals surface area contributed by atoms with E-state index in [9.17, 15) is 9.18 Å². The second kappa shape index (κ2) is 6.97. The number of hydrogen-bond acceptors (Lipinski definition) is 6. The van der Waals surface area contributed by atoms with Crippen LogP contribution in [0.15, 0.2) is 54.8 Å². The average molecular weight is 398 g/mol. The number of amides is 1. The Balaban J connectivity index is 1.56. The number of benzene rings is 1. The minimum atomic E-state index is -0.318. The van der Waals surface area contributed by atoms with Crippen molar-refractivity contribution in [2.24, 2.45) is 0 Å². The van der Waals surface area contributed by atoms with Gasteiger partial charge in [0.05, 0.1) is 5.75 Å². The summed E-state index contributed by atoms with van der Waals surface area (Å²) in [5.74, 6) is 0.0648. The molecule has 1 aromatic carbocycles. The van der Waals surface area contributed by atoms with Crippen LogP contribution in [0.4, 0.5) is 10.4 Å². The smallest absolute Gasteiger partial charge is 0.322 e. The van der Waals surface area contributed by atoms with Gasteiger partial charge in [-0.15, -0.1) is 16.9 Å². The van der Waals surface area contributed by atoms with Crippen molar-refractivity contribution in [1.29, 1.82) is 0 Å². The van der Waals surface area contributed by atoms with Gasteiger partial charge in [-0.25, -0.2) is 4.39 Å². The van der Waals surface area contributed by atoms with E-state index in [1.165, 1.54) is 23.9 Å². The highest BCUT2D eigenvalue weighted by Gasteiger charge is 2.14. The number of aromatic nitrogens is 2. The van der Waals surface area contributed by atoms with E-state index < -0.39 is 0 Å². The predicted molar refractivity (Wildman–Crippen MR) is 85.5 cm³/mol. The third-order valence-electron chi connectivity index (χ3n) is 2.64. The van der Waals surface area contributed by atoms with Crippen molar-refractivity contribution in [3.05, 3.63) is 46.9 Å². The summed E-state index contributed by atoms with van der Waals surface area (Å²) >= 11 is 4.44. The van der Waals surface area contributed by atoms with Crippen molar-refractivity contribution in [3.63, 3.8) is 0 Å². The van der Waals surface area contributed by atoms with Crippen LogP contribution in [0.25, 0.3) is 11.7 Å². The molecule has 9 heteroatoms. The molecule has 23 heavy (non-hydrogen) atoms. The Bertz CT molecular complexity index is 819. The first kappa shape index (κ1) is 15.8. The lowest BCUT2D eigenvalue weighted by Gasteiger charge is -2.01. The molecule has 2 aromatic heterocycles. The lowest BCUT2D eigenvalue weighted by Crippen LogP contribution is -2.14. The molecule has 2 heterocycles. The van der Waals surface area contributed by atoms with Gasteiger partial charge < -0.3 is 8.83 Å². The summed E-state index contributed by atoms with van der Waals surface area (Å²) in [5, 5.41) is 10.0. The first-order valence-corrected chi connectivity index (χ1v) is 8.15. The van der Waals surface area contributed by atoms with Gasteiger partial charge in [0.15, 0.2) is 10.4 Å². The van der Waals surface area contributed by atoms with Gasteiger partial charge in [-0.2, -0.15) is 0 Å². The minimum Gasteiger partial charge on any atom is -0.444 e. The van der Waals surface area contributed by atoms with Gasteiger partial charge in [-0.3, -0.25) is 10.1 Å². The van der Waals surface area contributed by atoms with Crippen LogP contribution in [0.3, 0.4) is 0 Å². The monoisotopic (exact) mass is 397 g/mol. The van der Waals surface area contributed by atoms with E-state index in [1.807, 2.05) is 0 Å². The van der Waals surface area contributed by atoms with Crippen LogP contribution in [0, 0.1) is 5.82 Å². The molecule has 0 saturated carbocycles. The molecule has 0 aliphatic rings. The molecule has 0 radical (unpaired) electrons. The molecular formula is C14H9BrFN3O3S. The first-order valence-electron chi connectivity index (χ1n) is 6.37. The number of thioether (sulfide) groups is 1. The summed E-state index contributed by atoms with van der Waals surface area (Å²) in [6.45, 7) is 0. The summed E-state index contributed by atoms with van der Waals surface area (Å²) in [5.41, 5.74) is 0. The van der Waals surface area contributed by atoms with Gasteiger partial charge in [0.2, 0.25) is 5.91 Å². The quantitative estimate of drug-likeness (QED) is 0.656. The molecule has 3 rings (SSSR count). The van der Waals surface area contributed by atoms with Gasteiger partial charge in [0.25, 0.3) is 5.89 Å². The maximum Gasteiger partial charge on any atom is 0.322 e. The van der Waals surface area contributed by atoms with Gasteiger partial charge in [0, 0.05) is 4.90 Å². The highest BCUT2D eigenvalue weighted by Crippen LogP contribution is 2.25. The van der Waals surface area contributed by atoms with Crippen LogP contribution in [0.1, 0.15) is 0 Å². The molecule has 1 amide bonds. The molecule has 0 spiro atoms. The zero-order chi connectivity index (χ0) is 16.2. The van der Waals surface area contributed by atoms with Crippen molar-refractivity contribution in [2.45, 2.75) is 4.90 Å². The van der Waals surface area contributed by atoms with Crippen LogP contribution in [0.2, 0.25) is 0 Å². The highest BCUT2D eigenvalue weighted by atomic mass is 79.9. The molecular weight excluding hydrogens is 389 g/mol. The number of carbonyl (C=O) groups excluding carboxylic acids is 1. The molecule has 0 saturated heterocycles. The lowest BCUT2D eigenvalue weighted by molar-refractivity contribution is -0.113. The second-order valence-corrected chi connectivity index (χ2v) is 6.14. The molecule has 3 aromatic rings. The summed E-state index contributed by atoms with van der Waals surface area (Å²) in [6.07, 6.45) is 0. The summed E-state index contributed by atoms with van der Waals surface area (Å²) in [6, 6.07) is 9.22. The van der Waals surface area contributed by atoms with E-state index in [4.69, 9.17) is 8.83 Å². The Kier molecular flexibility index (Phi) is 4.77. The van der Waals surface area contributed by atoms with Gasteiger partial charge >= 0.3 is 6.01 Å². The number of nitrogens with zero attached hydrogens (tertiary/aromatic N) is 2. The van der Waals surface area contributed by atoms with E-state index in [2.05, 4.69) is 31.4 Å². The minimum absolute atomic E-state index is 0.0165. The maximum atomic E-state index is 12.8. The summed E-state index contributed by atoms with van der Waals surface area (Å²) < 4.78 is 23.9. The fourth-order valence-electron chi connectivity index (χ4n) is 1.64. The molecule has 0 atom stereocenters. The number of halogens is 2. The van der Waals surface area contributed by atoms with Gasteiger partial charge in [-0.05, 0) is 52.3 Å². The first-order chi connectivity index (χ1) is 11.1. The SMILES string of the molecule is O=C(CSc1ccc(F)cc1)Nc1nnc(-c2ccc(Br)o2)o1. The van der Waals surface area contributed by atoms with Crippen molar-refractivity contribution in [1.82, 2.24) is 10.2 Å². The molecule has 0 aliphatic heterocycles. The topological polar surface area (TPSA) is 81.2 Å². The number of furan rings is 1. The number of anilines is 1. The maximum absolute atomic E-state index is 12.8. The van der Waals surface area contributed by atoms with Gasteiger partial charge in [0.1, 0.15) is 5.82 Å². The van der Waals surface area contributed by atoms with E-state index in [0.717, 1.165) is 4.90 Å². The summed E-state index contributed by atoms with van der Waals surface area (Å²) in [4.78, 5) is 12.6. The van der Waals surface area contributed by atoms with E-state index >= 15 is 0 Å². The second-order valence-electron chi connectivity index (χ2n) is 4.31. The standard InChI is InChI=1S/C14H9BrFN3O3S/c15-11-6-5-10(21-11)13-18-19-14(22-13)17-12(20)7-23-9-3-1-8(16)2-4-9/h1-6H,7H2,(H,17,19,20). The number of nitrogens with one attached hydrogen (secondary N) is 1. The average Bonchev–Trinajstić information content (AvgIpc) is 3.16. The van der Waals surface area contributed by atoms with Crippen molar-refractivity contribution >= 4 is 39.6 Å². The van der Waals surface area contributed by atoms with Crippen LogP contribution < -0.4 is 5.32 Å². The Labute approximate surface area is 142 Å². The van der Waals surface area contributed by atoms with E-state index in [1.54, 1.807) is 24.3 Å². The molecule has 1 N–H and O–H groups in total. The van der Waals surface area contributed by atoms with Crippen LogP contribution >= 0.6 is 27.7 Å². The van der Waals surface area contributed by atoms with Crippen LogP contribution in [0.5, 0.6) is 0 Å². The largest absolute Gasteiger partial charge is 0.444 e. The highest BCUT2D eigenvalue weighted by molar-refractivity contribution is 9.10.